The fourth-order valence-corrected chi connectivity index (χ4v) is 3.52. The van der Waals surface area contributed by atoms with Gasteiger partial charge in [-0.15, -0.1) is 0 Å². The van der Waals surface area contributed by atoms with Crippen molar-refractivity contribution in [3.63, 3.8) is 0 Å². The zero-order chi connectivity index (χ0) is 14.3. The lowest BCUT2D eigenvalue weighted by Gasteiger charge is -2.50. The van der Waals surface area contributed by atoms with Crippen molar-refractivity contribution in [2.24, 2.45) is 11.8 Å². The molecular weight excluding hydrogens is 240 g/mol. The highest BCUT2D eigenvalue weighted by Gasteiger charge is 2.48. The number of hydrogen-bond acceptors (Lipinski definition) is 3. The molecule has 0 amide bonds. The molecule has 0 aliphatic heterocycles. The molecule has 1 saturated carbocycles. The Bertz CT molecular complexity index is 236. The van der Waals surface area contributed by atoms with Gasteiger partial charge in [0.15, 0.2) is 0 Å². The summed E-state index contributed by atoms with van der Waals surface area (Å²) in [5.41, 5.74) is -0.0813. The van der Waals surface area contributed by atoms with Crippen molar-refractivity contribution in [1.82, 2.24) is 0 Å². The van der Waals surface area contributed by atoms with Crippen LogP contribution in [0.25, 0.3) is 0 Å². The highest BCUT2D eigenvalue weighted by molar-refractivity contribution is 4.98. The van der Waals surface area contributed by atoms with Crippen molar-refractivity contribution in [2.45, 2.75) is 65.6 Å². The van der Waals surface area contributed by atoms with Crippen molar-refractivity contribution < 1.29 is 14.2 Å². The van der Waals surface area contributed by atoms with Crippen LogP contribution < -0.4 is 0 Å². The fourth-order valence-electron chi connectivity index (χ4n) is 3.52. The molecule has 3 nitrogen and oxygen atoms in total. The van der Waals surface area contributed by atoms with E-state index in [4.69, 9.17) is 14.2 Å². The fraction of sp³-hybridized carbons (Fsp3) is 1.00. The summed E-state index contributed by atoms with van der Waals surface area (Å²) in [6, 6.07) is 0. The van der Waals surface area contributed by atoms with E-state index in [0.29, 0.717) is 11.8 Å². The topological polar surface area (TPSA) is 27.7 Å². The Labute approximate surface area is 119 Å². The minimum atomic E-state index is -0.0813. The van der Waals surface area contributed by atoms with Crippen LogP contribution in [-0.4, -0.2) is 38.1 Å². The van der Waals surface area contributed by atoms with Crippen LogP contribution in [0.2, 0.25) is 0 Å². The molecule has 0 N–H and O–H groups in total. The zero-order valence-electron chi connectivity index (χ0n) is 13.4. The van der Waals surface area contributed by atoms with Crippen molar-refractivity contribution >= 4 is 0 Å². The number of hydrogen-bond donors (Lipinski definition) is 0. The van der Waals surface area contributed by atoms with Crippen molar-refractivity contribution in [2.75, 3.05) is 26.4 Å². The Morgan fingerprint density at radius 3 is 2.37 bits per heavy atom. The molecule has 3 heteroatoms. The maximum absolute atomic E-state index is 6.26. The first-order chi connectivity index (χ1) is 9.12. The van der Waals surface area contributed by atoms with Crippen LogP contribution in [0.15, 0.2) is 0 Å². The minimum absolute atomic E-state index is 0.0813. The Morgan fingerprint density at radius 1 is 1.11 bits per heavy atom. The highest BCUT2D eigenvalue weighted by atomic mass is 16.5. The molecule has 0 aromatic carbocycles. The summed E-state index contributed by atoms with van der Waals surface area (Å²) in [5, 5.41) is 0. The van der Waals surface area contributed by atoms with E-state index in [1.807, 2.05) is 0 Å². The average Bonchev–Trinajstić information content (AvgIpc) is 2.38. The molecule has 3 atom stereocenters. The van der Waals surface area contributed by atoms with E-state index in [2.05, 4.69) is 34.6 Å². The lowest BCUT2D eigenvalue weighted by Crippen LogP contribution is -2.55. The lowest BCUT2D eigenvalue weighted by atomic mass is 9.68. The van der Waals surface area contributed by atoms with Crippen molar-refractivity contribution in [3.8, 4) is 0 Å². The van der Waals surface area contributed by atoms with Gasteiger partial charge in [0.25, 0.3) is 0 Å². The van der Waals surface area contributed by atoms with E-state index in [1.54, 1.807) is 0 Å². The van der Waals surface area contributed by atoms with Gasteiger partial charge in [0.05, 0.1) is 18.3 Å². The summed E-state index contributed by atoms with van der Waals surface area (Å²) in [4.78, 5) is 0. The van der Waals surface area contributed by atoms with Crippen LogP contribution >= 0.6 is 0 Å². The molecular formula is C16H32O3. The molecule has 0 aromatic rings. The SMILES string of the molecule is CCOCC1C(OCC)CCCC1(OCC)C(C)C. The molecule has 0 aromatic heterocycles. The Hall–Kier alpha value is -0.120. The zero-order valence-corrected chi connectivity index (χ0v) is 13.4. The average molecular weight is 272 g/mol. The molecule has 114 valence electrons. The van der Waals surface area contributed by atoms with Gasteiger partial charge >= 0.3 is 0 Å². The summed E-state index contributed by atoms with van der Waals surface area (Å²) < 4.78 is 18.0. The monoisotopic (exact) mass is 272 g/mol. The molecule has 0 heterocycles. The molecule has 0 bridgehead atoms. The Balaban J connectivity index is 2.93. The predicted octanol–water partition coefficient (Wildman–Crippen LogP) is 3.66. The number of rotatable bonds is 8. The second-order valence-corrected chi connectivity index (χ2v) is 5.69. The number of ether oxygens (including phenoxy) is 3. The largest absolute Gasteiger partial charge is 0.381 e. The van der Waals surface area contributed by atoms with E-state index < -0.39 is 0 Å². The van der Waals surface area contributed by atoms with E-state index >= 15 is 0 Å². The van der Waals surface area contributed by atoms with E-state index in [9.17, 15) is 0 Å². The summed E-state index contributed by atoms with van der Waals surface area (Å²) in [5.74, 6) is 0.835. The van der Waals surface area contributed by atoms with Crippen molar-refractivity contribution in [1.29, 1.82) is 0 Å². The molecule has 0 saturated heterocycles. The van der Waals surface area contributed by atoms with E-state index in [0.717, 1.165) is 39.3 Å². The normalized spacial score (nSPS) is 31.9. The molecule has 1 aliphatic rings. The first-order valence-corrected chi connectivity index (χ1v) is 7.95. The predicted molar refractivity (Wildman–Crippen MR) is 78.4 cm³/mol. The first-order valence-electron chi connectivity index (χ1n) is 7.95. The third kappa shape index (κ3) is 3.93. The maximum Gasteiger partial charge on any atom is 0.0780 e. The Kier molecular flexibility index (Phi) is 7.33. The third-order valence-corrected chi connectivity index (χ3v) is 4.41. The van der Waals surface area contributed by atoms with Crippen LogP contribution in [0.5, 0.6) is 0 Å². The molecule has 1 rings (SSSR count). The van der Waals surface area contributed by atoms with Gasteiger partial charge in [-0.25, -0.2) is 0 Å². The van der Waals surface area contributed by atoms with Crippen LogP contribution in [-0.2, 0) is 14.2 Å². The van der Waals surface area contributed by atoms with Crippen LogP contribution in [0.1, 0.15) is 53.9 Å². The molecule has 0 radical (unpaired) electrons. The quantitative estimate of drug-likeness (QED) is 0.675. The van der Waals surface area contributed by atoms with Gasteiger partial charge in [0.2, 0.25) is 0 Å². The Morgan fingerprint density at radius 2 is 1.84 bits per heavy atom. The summed E-state index contributed by atoms with van der Waals surface area (Å²) in [7, 11) is 0. The summed E-state index contributed by atoms with van der Waals surface area (Å²) in [6.45, 7) is 13.8. The van der Waals surface area contributed by atoms with Gasteiger partial charge in [-0.1, -0.05) is 13.8 Å². The standard InChI is InChI=1S/C16H32O3/c1-6-17-12-14-15(18-7-2)10-9-11-16(14,13(4)5)19-8-3/h13-15H,6-12H2,1-5H3. The van der Waals surface area contributed by atoms with E-state index in [1.165, 1.54) is 6.42 Å². The minimum Gasteiger partial charge on any atom is -0.381 e. The van der Waals surface area contributed by atoms with Crippen LogP contribution in [0.3, 0.4) is 0 Å². The highest BCUT2D eigenvalue weighted by Crippen LogP contribution is 2.43. The molecule has 1 fully saturated rings. The van der Waals surface area contributed by atoms with Crippen LogP contribution in [0, 0.1) is 11.8 Å². The van der Waals surface area contributed by atoms with Gasteiger partial charge in [0.1, 0.15) is 0 Å². The first kappa shape index (κ1) is 16.9. The second kappa shape index (κ2) is 8.23. The molecule has 3 unspecified atom stereocenters. The summed E-state index contributed by atoms with van der Waals surface area (Å²) in [6.07, 6.45) is 3.72. The van der Waals surface area contributed by atoms with Crippen LogP contribution in [0.4, 0.5) is 0 Å². The second-order valence-electron chi connectivity index (χ2n) is 5.69. The van der Waals surface area contributed by atoms with Gasteiger partial charge in [-0.3, -0.25) is 0 Å². The molecule has 0 spiro atoms. The van der Waals surface area contributed by atoms with Gasteiger partial charge in [0, 0.05) is 25.7 Å². The van der Waals surface area contributed by atoms with Gasteiger partial charge in [-0.2, -0.15) is 0 Å². The van der Waals surface area contributed by atoms with E-state index in [-0.39, 0.29) is 11.7 Å². The van der Waals surface area contributed by atoms with Crippen molar-refractivity contribution in [3.05, 3.63) is 0 Å². The molecule has 1 aliphatic carbocycles. The smallest absolute Gasteiger partial charge is 0.0780 e. The maximum atomic E-state index is 6.26. The molecule has 19 heavy (non-hydrogen) atoms. The van der Waals surface area contributed by atoms with Gasteiger partial charge < -0.3 is 14.2 Å². The summed E-state index contributed by atoms with van der Waals surface area (Å²) >= 11 is 0. The van der Waals surface area contributed by atoms with Gasteiger partial charge in [-0.05, 0) is 46.0 Å². The lowest BCUT2D eigenvalue weighted by molar-refractivity contribution is -0.192. The third-order valence-electron chi connectivity index (χ3n) is 4.41.